The summed E-state index contributed by atoms with van der Waals surface area (Å²) in [5, 5.41) is 2.87. The molecule has 7 nitrogen and oxygen atoms in total. The molecule has 0 aromatic heterocycles. The number of benzene rings is 2. The van der Waals surface area contributed by atoms with Crippen molar-refractivity contribution in [2.75, 3.05) is 24.2 Å². The van der Waals surface area contributed by atoms with Crippen molar-refractivity contribution in [1.82, 2.24) is 5.32 Å². The quantitative estimate of drug-likeness (QED) is 0.586. The number of nitrogens with one attached hydrogen (secondary N) is 1. The number of ether oxygens (including phenoxy) is 2. The van der Waals surface area contributed by atoms with Crippen molar-refractivity contribution < 1.29 is 22.7 Å². The molecule has 0 fully saturated rings. The first-order valence-corrected chi connectivity index (χ1v) is 11.7. The minimum atomic E-state index is -3.48. The van der Waals surface area contributed by atoms with Gasteiger partial charge in [0, 0.05) is 25.6 Å². The molecule has 2 rings (SSSR count). The van der Waals surface area contributed by atoms with Gasteiger partial charge < -0.3 is 14.8 Å². The Kier molecular flexibility index (Phi) is 8.53. The fraction of sp³-hybridized carbons (Fsp3) is 0.409. The van der Waals surface area contributed by atoms with Gasteiger partial charge in [-0.2, -0.15) is 0 Å². The van der Waals surface area contributed by atoms with Gasteiger partial charge in [-0.15, -0.1) is 0 Å². The molecule has 2 aromatic rings. The van der Waals surface area contributed by atoms with E-state index >= 15 is 0 Å². The van der Waals surface area contributed by atoms with Crippen molar-refractivity contribution in [2.45, 2.75) is 39.3 Å². The number of methoxy groups -OCH3 is 1. The van der Waals surface area contributed by atoms with Gasteiger partial charge in [-0.25, -0.2) is 8.42 Å². The maximum Gasteiger partial charge on any atom is 0.232 e. The highest BCUT2D eigenvalue weighted by molar-refractivity contribution is 7.92. The van der Waals surface area contributed by atoms with E-state index in [0.717, 1.165) is 17.6 Å². The second-order valence-electron chi connectivity index (χ2n) is 7.23. The first-order valence-electron chi connectivity index (χ1n) is 9.83. The monoisotopic (exact) mass is 434 g/mol. The molecule has 164 valence electrons. The number of hydrogen-bond donors (Lipinski definition) is 1. The number of amides is 1. The summed E-state index contributed by atoms with van der Waals surface area (Å²) in [6.07, 6.45) is 1.85. The van der Waals surface area contributed by atoms with Crippen molar-refractivity contribution in [2.24, 2.45) is 0 Å². The number of hydrogen-bond acceptors (Lipinski definition) is 5. The smallest absolute Gasteiger partial charge is 0.232 e. The molecular formula is C22H30N2O5S. The average molecular weight is 435 g/mol. The highest BCUT2D eigenvalue weighted by Crippen LogP contribution is 2.23. The molecule has 0 atom stereocenters. The number of carbonyl (C=O) groups excluding carboxylic acids is 1. The van der Waals surface area contributed by atoms with Crippen LogP contribution in [0.3, 0.4) is 0 Å². The predicted molar refractivity (Wildman–Crippen MR) is 118 cm³/mol. The lowest BCUT2D eigenvalue weighted by molar-refractivity contribution is -0.121. The summed E-state index contributed by atoms with van der Waals surface area (Å²) >= 11 is 0. The summed E-state index contributed by atoms with van der Waals surface area (Å²) in [4.78, 5) is 12.2. The average Bonchev–Trinajstić information content (AvgIpc) is 2.68. The molecule has 1 N–H and O–H groups in total. The normalized spacial score (nSPS) is 11.2. The topological polar surface area (TPSA) is 84.9 Å². The lowest BCUT2D eigenvalue weighted by Crippen LogP contribution is -2.32. The number of sulfonamides is 1. The van der Waals surface area contributed by atoms with Gasteiger partial charge in [0.05, 0.1) is 25.2 Å². The highest BCUT2D eigenvalue weighted by Gasteiger charge is 2.18. The SMILES string of the molecule is COc1cccc(N(CCCC(=O)NCc2cccc(OC(C)C)c2)S(C)(=O)=O)c1. The van der Waals surface area contributed by atoms with E-state index in [4.69, 9.17) is 9.47 Å². The Balaban J connectivity index is 1.88. The molecule has 0 saturated carbocycles. The molecule has 0 spiro atoms. The van der Waals surface area contributed by atoms with Crippen molar-refractivity contribution in [1.29, 1.82) is 0 Å². The Morgan fingerprint density at radius 1 is 1.10 bits per heavy atom. The molecule has 30 heavy (non-hydrogen) atoms. The van der Waals surface area contributed by atoms with Gasteiger partial charge in [0.1, 0.15) is 11.5 Å². The summed E-state index contributed by atoms with van der Waals surface area (Å²) in [7, 11) is -1.95. The summed E-state index contributed by atoms with van der Waals surface area (Å²) in [6, 6.07) is 14.4. The van der Waals surface area contributed by atoms with Crippen LogP contribution in [0, 0.1) is 0 Å². The van der Waals surface area contributed by atoms with E-state index in [1.54, 1.807) is 24.3 Å². The van der Waals surface area contributed by atoms with Crippen molar-refractivity contribution in [3.05, 3.63) is 54.1 Å². The Morgan fingerprint density at radius 2 is 1.80 bits per heavy atom. The second kappa shape index (κ2) is 10.9. The van der Waals surface area contributed by atoms with E-state index in [-0.39, 0.29) is 25.0 Å². The largest absolute Gasteiger partial charge is 0.497 e. The van der Waals surface area contributed by atoms with E-state index in [2.05, 4.69) is 5.32 Å². The Bertz CT molecular complexity index is 944. The molecule has 0 aliphatic heterocycles. The molecule has 0 bridgehead atoms. The van der Waals surface area contributed by atoms with Gasteiger partial charge in [0.15, 0.2) is 0 Å². The zero-order valence-corrected chi connectivity index (χ0v) is 18.7. The molecule has 0 saturated heterocycles. The van der Waals surface area contributed by atoms with Crippen molar-refractivity contribution >= 4 is 21.6 Å². The minimum Gasteiger partial charge on any atom is -0.497 e. The zero-order valence-electron chi connectivity index (χ0n) is 17.9. The molecule has 1 amide bonds. The van der Waals surface area contributed by atoms with Crippen LogP contribution in [0.4, 0.5) is 5.69 Å². The van der Waals surface area contributed by atoms with E-state index in [9.17, 15) is 13.2 Å². The molecule has 0 unspecified atom stereocenters. The fourth-order valence-corrected chi connectivity index (χ4v) is 3.88. The first-order chi connectivity index (χ1) is 14.2. The molecule has 0 aliphatic rings. The maximum atomic E-state index is 12.2. The maximum absolute atomic E-state index is 12.2. The van der Waals surface area contributed by atoms with Gasteiger partial charge in [-0.3, -0.25) is 9.10 Å². The summed E-state index contributed by atoms with van der Waals surface area (Å²) in [6.45, 7) is 4.51. The second-order valence-corrected chi connectivity index (χ2v) is 9.14. The van der Waals surface area contributed by atoms with Crippen LogP contribution in [-0.2, 0) is 21.4 Å². The van der Waals surface area contributed by atoms with E-state index < -0.39 is 10.0 Å². The lowest BCUT2D eigenvalue weighted by Gasteiger charge is -2.22. The standard InChI is InChI=1S/C22H30N2O5S/c1-17(2)29-21-11-5-8-18(14-21)16-23-22(25)12-7-13-24(30(4,26)27)19-9-6-10-20(15-19)28-3/h5-6,8-11,14-15,17H,7,12-13,16H2,1-4H3,(H,23,25). The third-order valence-electron chi connectivity index (χ3n) is 4.27. The number of nitrogens with zero attached hydrogens (tertiary/aromatic N) is 1. The van der Waals surface area contributed by atoms with Gasteiger partial charge in [0.25, 0.3) is 0 Å². The first kappa shape index (κ1) is 23.5. The van der Waals surface area contributed by atoms with Crippen LogP contribution in [0.5, 0.6) is 11.5 Å². The molecular weight excluding hydrogens is 404 g/mol. The van der Waals surface area contributed by atoms with E-state index in [0.29, 0.717) is 24.4 Å². The van der Waals surface area contributed by atoms with Crippen LogP contribution < -0.4 is 19.1 Å². The predicted octanol–water partition coefficient (Wildman–Crippen LogP) is 3.35. The Morgan fingerprint density at radius 3 is 2.47 bits per heavy atom. The third kappa shape index (κ3) is 7.59. The van der Waals surface area contributed by atoms with Gasteiger partial charge in [-0.1, -0.05) is 18.2 Å². The number of anilines is 1. The van der Waals surface area contributed by atoms with Crippen LogP contribution >= 0.6 is 0 Å². The van der Waals surface area contributed by atoms with Crippen LogP contribution in [-0.4, -0.2) is 40.3 Å². The van der Waals surface area contributed by atoms with Gasteiger partial charge in [-0.05, 0) is 50.1 Å². The summed E-state index contributed by atoms with van der Waals surface area (Å²) in [5.41, 5.74) is 1.45. The van der Waals surface area contributed by atoms with Crippen LogP contribution in [0.1, 0.15) is 32.3 Å². The summed E-state index contributed by atoms with van der Waals surface area (Å²) < 4.78 is 36.5. The van der Waals surface area contributed by atoms with Crippen molar-refractivity contribution in [3.8, 4) is 11.5 Å². The third-order valence-corrected chi connectivity index (χ3v) is 5.46. The molecule has 2 aromatic carbocycles. The molecule has 8 heteroatoms. The molecule has 0 heterocycles. The van der Waals surface area contributed by atoms with Gasteiger partial charge in [0.2, 0.25) is 15.9 Å². The van der Waals surface area contributed by atoms with E-state index in [1.807, 2.05) is 38.1 Å². The van der Waals surface area contributed by atoms with Crippen LogP contribution in [0.15, 0.2) is 48.5 Å². The highest BCUT2D eigenvalue weighted by atomic mass is 32.2. The fourth-order valence-electron chi connectivity index (χ4n) is 2.93. The van der Waals surface area contributed by atoms with Gasteiger partial charge >= 0.3 is 0 Å². The van der Waals surface area contributed by atoms with E-state index in [1.165, 1.54) is 11.4 Å². The summed E-state index contributed by atoms with van der Waals surface area (Å²) in [5.74, 6) is 1.20. The van der Waals surface area contributed by atoms with Crippen LogP contribution in [0.25, 0.3) is 0 Å². The van der Waals surface area contributed by atoms with Crippen molar-refractivity contribution in [3.63, 3.8) is 0 Å². The molecule has 0 radical (unpaired) electrons. The minimum absolute atomic E-state index is 0.0808. The zero-order chi connectivity index (χ0) is 22.1. The van der Waals surface area contributed by atoms with Crippen LogP contribution in [0.2, 0.25) is 0 Å². The molecule has 0 aliphatic carbocycles. The Labute approximate surface area is 179 Å². The Hall–Kier alpha value is -2.74. The number of carbonyl (C=O) groups is 1. The lowest BCUT2D eigenvalue weighted by atomic mass is 10.2. The number of rotatable bonds is 11.